The third-order valence-corrected chi connectivity index (χ3v) is 3.16. The Kier molecular flexibility index (Phi) is 3.26. The maximum absolute atomic E-state index is 11.3. The number of rotatable bonds is 3. The minimum atomic E-state index is -0.509. The van der Waals surface area contributed by atoms with Crippen LogP contribution in [0.1, 0.15) is 43.2 Å². The summed E-state index contributed by atoms with van der Waals surface area (Å²) in [5.41, 5.74) is 0.0851. The van der Waals surface area contributed by atoms with E-state index in [1.807, 2.05) is 0 Å². The zero-order chi connectivity index (χ0) is 12.3. The van der Waals surface area contributed by atoms with Gasteiger partial charge in [0.1, 0.15) is 5.82 Å². The molecule has 5 heteroatoms. The van der Waals surface area contributed by atoms with Gasteiger partial charge in [-0.3, -0.25) is 0 Å². The molecule has 1 aliphatic rings. The summed E-state index contributed by atoms with van der Waals surface area (Å²) in [4.78, 5) is 19.3. The lowest BCUT2D eigenvalue weighted by molar-refractivity contribution is 0.0587. The number of esters is 1. The largest absolute Gasteiger partial charge is 0.463 e. The van der Waals surface area contributed by atoms with Crippen LogP contribution in [-0.2, 0) is 4.74 Å². The Bertz CT molecular complexity index is 414. The molecule has 0 bridgehead atoms. The number of carbonyl (C=O) groups excluding carboxylic acids is 1. The summed E-state index contributed by atoms with van der Waals surface area (Å²) in [7, 11) is 1.32. The molecule has 17 heavy (non-hydrogen) atoms. The lowest BCUT2D eigenvalue weighted by Crippen LogP contribution is -2.31. The van der Waals surface area contributed by atoms with Crippen LogP contribution < -0.4 is 5.32 Å². The molecular weight excluding hydrogens is 218 g/mol. The number of hydrogen-bond donors (Lipinski definition) is 1. The molecule has 0 amide bonds. The molecule has 2 rings (SSSR count). The number of methoxy groups -OCH3 is 1. The summed E-state index contributed by atoms with van der Waals surface area (Å²) in [6.07, 6.45) is 6.30. The average molecular weight is 235 g/mol. The van der Waals surface area contributed by atoms with Crippen LogP contribution in [0.4, 0.5) is 5.82 Å². The second-order valence-corrected chi connectivity index (χ2v) is 4.65. The Balaban J connectivity index is 2.13. The third-order valence-electron chi connectivity index (χ3n) is 3.16. The molecule has 92 valence electrons. The van der Waals surface area contributed by atoms with E-state index in [1.165, 1.54) is 20.0 Å². The van der Waals surface area contributed by atoms with Crippen molar-refractivity contribution in [3.05, 3.63) is 18.1 Å². The molecule has 1 N–H and O–H groups in total. The van der Waals surface area contributed by atoms with Crippen LogP contribution in [0.15, 0.2) is 12.3 Å². The van der Waals surface area contributed by atoms with Crippen molar-refractivity contribution in [1.82, 2.24) is 9.97 Å². The van der Waals surface area contributed by atoms with Crippen LogP contribution in [0.2, 0.25) is 0 Å². The van der Waals surface area contributed by atoms with Gasteiger partial charge in [0, 0.05) is 11.7 Å². The SMILES string of the molecule is COC(=O)c1nccc(NC2(C)CCCC2)n1. The molecule has 1 heterocycles. The van der Waals surface area contributed by atoms with Gasteiger partial charge in [0.25, 0.3) is 0 Å². The van der Waals surface area contributed by atoms with Gasteiger partial charge in [-0.2, -0.15) is 0 Å². The first-order valence-corrected chi connectivity index (χ1v) is 5.82. The number of hydrogen-bond acceptors (Lipinski definition) is 5. The maximum Gasteiger partial charge on any atom is 0.376 e. The third kappa shape index (κ3) is 2.72. The molecule has 1 saturated carbocycles. The van der Waals surface area contributed by atoms with Crippen molar-refractivity contribution >= 4 is 11.8 Å². The van der Waals surface area contributed by atoms with Crippen molar-refractivity contribution in [2.75, 3.05) is 12.4 Å². The van der Waals surface area contributed by atoms with E-state index in [9.17, 15) is 4.79 Å². The average Bonchev–Trinajstić information content (AvgIpc) is 2.75. The minimum Gasteiger partial charge on any atom is -0.463 e. The van der Waals surface area contributed by atoms with E-state index < -0.39 is 5.97 Å². The van der Waals surface area contributed by atoms with Crippen molar-refractivity contribution in [3.8, 4) is 0 Å². The highest BCUT2D eigenvalue weighted by Gasteiger charge is 2.28. The second kappa shape index (κ2) is 4.69. The van der Waals surface area contributed by atoms with Gasteiger partial charge in [-0.1, -0.05) is 12.8 Å². The quantitative estimate of drug-likeness (QED) is 0.812. The fourth-order valence-electron chi connectivity index (χ4n) is 2.21. The summed E-state index contributed by atoms with van der Waals surface area (Å²) in [6, 6.07) is 1.77. The molecule has 0 unspecified atom stereocenters. The van der Waals surface area contributed by atoms with E-state index in [0.717, 1.165) is 12.8 Å². The van der Waals surface area contributed by atoms with E-state index in [4.69, 9.17) is 0 Å². The fraction of sp³-hybridized carbons (Fsp3) is 0.583. The maximum atomic E-state index is 11.3. The molecule has 0 radical (unpaired) electrons. The Hall–Kier alpha value is -1.65. The lowest BCUT2D eigenvalue weighted by atomic mass is 10.0. The van der Waals surface area contributed by atoms with Crippen LogP contribution in [0, 0.1) is 0 Å². The van der Waals surface area contributed by atoms with E-state index in [1.54, 1.807) is 12.3 Å². The Morgan fingerprint density at radius 1 is 1.47 bits per heavy atom. The number of anilines is 1. The summed E-state index contributed by atoms with van der Waals surface area (Å²) in [5, 5.41) is 3.38. The Morgan fingerprint density at radius 3 is 2.82 bits per heavy atom. The van der Waals surface area contributed by atoms with Crippen LogP contribution in [0.5, 0.6) is 0 Å². The van der Waals surface area contributed by atoms with Gasteiger partial charge in [-0.25, -0.2) is 14.8 Å². The van der Waals surface area contributed by atoms with Gasteiger partial charge in [0.2, 0.25) is 5.82 Å². The van der Waals surface area contributed by atoms with Gasteiger partial charge in [0.05, 0.1) is 7.11 Å². The summed E-state index contributed by atoms with van der Waals surface area (Å²) in [5.74, 6) is 0.272. The van der Waals surface area contributed by atoms with E-state index in [0.29, 0.717) is 5.82 Å². The smallest absolute Gasteiger partial charge is 0.376 e. The minimum absolute atomic E-state index is 0.0851. The highest BCUT2D eigenvalue weighted by Crippen LogP contribution is 2.31. The standard InChI is InChI=1S/C12H17N3O2/c1-12(6-3-4-7-12)15-9-5-8-13-10(14-9)11(16)17-2/h5,8H,3-4,6-7H2,1-2H3,(H,13,14,15). The fourth-order valence-corrected chi connectivity index (χ4v) is 2.21. The molecule has 1 fully saturated rings. The molecule has 0 saturated heterocycles. The summed E-state index contributed by atoms with van der Waals surface area (Å²) >= 11 is 0. The Morgan fingerprint density at radius 2 is 2.18 bits per heavy atom. The van der Waals surface area contributed by atoms with Gasteiger partial charge in [-0.15, -0.1) is 0 Å². The van der Waals surface area contributed by atoms with Crippen LogP contribution in [0.3, 0.4) is 0 Å². The zero-order valence-corrected chi connectivity index (χ0v) is 10.2. The first-order valence-electron chi connectivity index (χ1n) is 5.82. The van der Waals surface area contributed by atoms with Crippen LogP contribution in [-0.4, -0.2) is 28.6 Å². The predicted octanol–water partition coefficient (Wildman–Crippen LogP) is 2.01. The second-order valence-electron chi connectivity index (χ2n) is 4.65. The number of nitrogens with zero attached hydrogens (tertiary/aromatic N) is 2. The van der Waals surface area contributed by atoms with Crippen molar-refractivity contribution < 1.29 is 9.53 Å². The molecule has 1 aromatic rings. The topological polar surface area (TPSA) is 64.1 Å². The number of aromatic nitrogens is 2. The molecule has 0 aliphatic heterocycles. The van der Waals surface area contributed by atoms with Crippen molar-refractivity contribution in [2.24, 2.45) is 0 Å². The van der Waals surface area contributed by atoms with Crippen LogP contribution >= 0.6 is 0 Å². The number of ether oxygens (including phenoxy) is 1. The monoisotopic (exact) mass is 235 g/mol. The molecule has 0 aromatic carbocycles. The Labute approximate surface area is 101 Å². The van der Waals surface area contributed by atoms with Gasteiger partial charge < -0.3 is 10.1 Å². The van der Waals surface area contributed by atoms with Gasteiger partial charge in [0.15, 0.2) is 0 Å². The van der Waals surface area contributed by atoms with Crippen molar-refractivity contribution in [2.45, 2.75) is 38.1 Å². The zero-order valence-electron chi connectivity index (χ0n) is 10.2. The van der Waals surface area contributed by atoms with Gasteiger partial charge in [-0.05, 0) is 25.8 Å². The highest BCUT2D eigenvalue weighted by molar-refractivity contribution is 5.85. The molecule has 0 spiro atoms. The molecule has 1 aliphatic carbocycles. The molecule has 0 atom stereocenters. The van der Waals surface area contributed by atoms with E-state index in [-0.39, 0.29) is 11.4 Å². The molecule has 1 aromatic heterocycles. The molecular formula is C12H17N3O2. The first kappa shape index (κ1) is 11.8. The number of nitrogens with one attached hydrogen (secondary N) is 1. The van der Waals surface area contributed by atoms with Crippen molar-refractivity contribution in [1.29, 1.82) is 0 Å². The van der Waals surface area contributed by atoms with Crippen molar-refractivity contribution in [3.63, 3.8) is 0 Å². The molecule has 5 nitrogen and oxygen atoms in total. The summed E-state index contributed by atoms with van der Waals surface area (Å²) < 4.78 is 4.59. The predicted molar refractivity (Wildman–Crippen MR) is 63.9 cm³/mol. The highest BCUT2D eigenvalue weighted by atomic mass is 16.5. The number of carbonyl (C=O) groups is 1. The lowest BCUT2D eigenvalue weighted by Gasteiger charge is -2.25. The van der Waals surface area contributed by atoms with E-state index in [2.05, 4.69) is 26.9 Å². The van der Waals surface area contributed by atoms with Gasteiger partial charge >= 0.3 is 5.97 Å². The summed E-state index contributed by atoms with van der Waals surface area (Å²) in [6.45, 7) is 2.18. The normalized spacial score (nSPS) is 17.8. The van der Waals surface area contributed by atoms with E-state index >= 15 is 0 Å². The first-order chi connectivity index (χ1) is 8.13. The van der Waals surface area contributed by atoms with Crippen LogP contribution in [0.25, 0.3) is 0 Å².